The maximum atomic E-state index is 12.7. The SMILES string of the molecule is CCNCc1ccc(C)c(S(=O)(=O)NC(C)(CC)CC)c1. The first-order valence-electron chi connectivity index (χ1n) is 7.62. The summed E-state index contributed by atoms with van der Waals surface area (Å²) in [7, 11) is -3.50. The number of nitrogens with one attached hydrogen (secondary N) is 2. The van der Waals surface area contributed by atoms with Gasteiger partial charge in [0, 0.05) is 12.1 Å². The van der Waals surface area contributed by atoms with E-state index in [0.717, 1.165) is 30.5 Å². The molecular weight excluding hydrogens is 284 g/mol. The molecular formula is C16H28N2O2S. The number of aryl methyl sites for hydroxylation is 1. The summed E-state index contributed by atoms with van der Waals surface area (Å²) < 4.78 is 28.2. The molecule has 0 atom stereocenters. The van der Waals surface area contributed by atoms with E-state index in [1.54, 1.807) is 6.07 Å². The Kier molecular flexibility index (Phi) is 6.38. The lowest BCUT2D eigenvalue weighted by Crippen LogP contribution is -2.45. The van der Waals surface area contributed by atoms with Crippen LogP contribution >= 0.6 is 0 Å². The first-order valence-corrected chi connectivity index (χ1v) is 9.10. The van der Waals surface area contributed by atoms with Crippen molar-refractivity contribution in [3.05, 3.63) is 29.3 Å². The van der Waals surface area contributed by atoms with Crippen molar-refractivity contribution in [3.63, 3.8) is 0 Å². The molecule has 0 heterocycles. The Bertz CT molecular complexity index is 564. The Hall–Kier alpha value is -0.910. The lowest BCUT2D eigenvalue weighted by Gasteiger charge is -2.28. The standard InChI is InChI=1S/C16H28N2O2S/c1-6-16(5,7-2)18-21(19,20)15-11-14(12-17-8-3)10-9-13(15)4/h9-11,17-18H,6-8,12H2,1-5H3. The van der Waals surface area contributed by atoms with Crippen LogP contribution in [-0.2, 0) is 16.6 Å². The van der Waals surface area contributed by atoms with Crippen LogP contribution in [0, 0.1) is 6.92 Å². The molecule has 0 radical (unpaired) electrons. The van der Waals surface area contributed by atoms with Crippen molar-refractivity contribution in [2.75, 3.05) is 6.54 Å². The minimum atomic E-state index is -3.50. The van der Waals surface area contributed by atoms with Crippen LogP contribution in [0.1, 0.15) is 51.7 Å². The molecule has 4 nitrogen and oxygen atoms in total. The highest BCUT2D eigenvalue weighted by atomic mass is 32.2. The Labute approximate surface area is 129 Å². The van der Waals surface area contributed by atoms with E-state index in [9.17, 15) is 8.42 Å². The molecule has 2 N–H and O–H groups in total. The van der Waals surface area contributed by atoms with Crippen molar-refractivity contribution in [3.8, 4) is 0 Å². The van der Waals surface area contributed by atoms with Gasteiger partial charge in [0.15, 0.2) is 0 Å². The van der Waals surface area contributed by atoms with Crippen LogP contribution in [0.15, 0.2) is 23.1 Å². The number of sulfonamides is 1. The van der Waals surface area contributed by atoms with Gasteiger partial charge in [0.1, 0.15) is 0 Å². The molecule has 0 aliphatic carbocycles. The van der Waals surface area contributed by atoms with Gasteiger partial charge in [0.05, 0.1) is 4.90 Å². The third kappa shape index (κ3) is 4.80. The molecule has 0 saturated heterocycles. The summed E-state index contributed by atoms with van der Waals surface area (Å²) in [5.74, 6) is 0. The summed E-state index contributed by atoms with van der Waals surface area (Å²) in [6.07, 6.45) is 1.53. The molecule has 0 fully saturated rings. The predicted octanol–water partition coefficient (Wildman–Crippen LogP) is 2.96. The summed E-state index contributed by atoms with van der Waals surface area (Å²) in [5.41, 5.74) is 1.36. The second-order valence-corrected chi connectivity index (χ2v) is 7.40. The van der Waals surface area contributed by atoms with Gasteiger partial charge in [-0.2, -0.15) is 0 Å². The summed E-state index contributed by atoms with van der Waals surface area (Å²) >= 11 is 0. The minimum Gasteiger partial charge on any atom is -0.313 e. The molecule has 5 heteroatoms. The molecule has 1 aromatic carbocycles. The van der Waals surface area contributed by atoms with Gasteiger partial charge in [0.25, 0.3) is 0 Å². The first-order chi connectivity index (χ1) is 9.78. The maximum Gasteiger partial charge on any atom is 0.241 e. The monoisotopic (exact) mass is 312 g/mol. The lowest BCUT2D eigenvalue weighted by molar-refractivity contribution is 0.388. The largest absolute Gasteiger partial charge is 0.313 e. The van der Waals surface area contributed by atoms with E-state index in [0.29, 0.717) is 11.4 Å². The number of hydrogen-bond acceptors (Lipinski definition) is 3. The van der Waals surface area contributed by atoms with E-state index in [4.69, 9.17) is 0 Å². The van der Waals surface area contributed by atoms with E-state index in [1.807, 2.05) is 46.8 Å². The average Bonchev–Trinajstić information content (AvgIpc) is 2.45. The zero-order valence-corrected chi connectivity index (χ0v) is 14.6. The molecule has 0 amide bonds. The van der Waals surface area contributed by atoms with Crippen LogP contribution in [0.5, 0.6) is 0 Å². The maximum absolute atomic E-state index is 12.7. The zero-order chi connectivity index (χ0) is 16.1. The highest BCUT2D eigenvalue weighted by Crippen LogP contribution is 2.22. The van der Waals surface area contributed by atoms with Gasteiger partial charge in [-0.15, -0.1) is 0 Å². The predicted molar refractivity (Wildman–Crippen MR) is 87.9 cm³/mol. The fraction of sp³-hybridized carbons (Fsp3) is 0.625. The highest BCUT2D eigenvalue weighted by Gasteiger charge is 2.28. The van der Waals surface area contributed by atoms with Gasteiger partial charge in [0.2, 0.25) is 10.0 Å². The minimum absolute atomic E-state index is 0.381. The van der Waals surface area contributed by atoms with E-state index in [-0.39, 0.29) is 0 Å². The fourth-order valence-corrected chi connectivity index (χ4v) is 3.93. The highest BCUT2D eigenvalue weighted by molar-refractivity contribution is 7.89. The topological polar surface area (TPSA) is 58.2 Å². The summed E-state index contributed by atoms with van der Waals surface area (Å²) in [5, 5.41) is 3.22. The van der Waals surface area contributed by atoms with Gasteiger partial charge in [-0.25, -0.2) is 13.1 Å². The van der Waals surface area contributed by atoms with Crippen molar-refractivity contribution < 1.29 is 8.42 Å². The number of hydrogen-bond donors (Lipinski definition) is 2. The van der Waals surface area contributed by atoms with Gasteiger partial charge >= 0.3 is 0 Å². The van der Waals surface area contributed by atoms with Crippen LogP contribution in [-0.4, -0.2) is 20.5 Å². The second-order valence-electron chi connectivity index (χ2n) is 5.75. The molecule has 0 aromatic heterocycles. The Morgan fingerprint density at radius 2 is 1.76 bits per heavy atom. The second kappa shape index (κ2) is 7.38. The van der Waals surface area contributed by atoms with E-state index >= 15 is 0 Å². The Morgan fingerprint density at radius 3 is 2.29 bits per heavy atom. The van der Waals surface area contributed by atoms with Crippen LogP contribution in [0.25, 0.3) is 0 Å². The van der Waals surface area contributed by atoms with Crippen LogP contribution < -0.4 is 10.0 Å². The smallest absolute Gasteiger partial charge is 0.241 e. The van der Waals surface area contributed by atoms with E-state index < -0.39 is 15.6 Å². The first kappa shape index (κ1) is 18.1. The van der Waals surface area contributed by atoms with Crippen molar-refractivity contribution in [2.45, 2.75) is 64.4 Å². The molecule has 1 aromatic rings. The normalized spacial score (nSPS) is 12.6. The van der Waals surface area contributed by atoms with E-state index in [1.165, 1.54) is 0 Å². The molecule has 0 spiro atoms. The van der Waals surface area contributed by atoms with E-state index in [2.05, 4.69) is 10.0 Å². The molecule has 21 heavy (non-hydrogen) atoms. The molecule has 0 bridgehead atoms. The molecule has 0 aliphatic heterocycles. The molecule has 120 valence electrons. The third-order valence-corrected chi connectivity index (χ3v) is 5.84. The summed E-state index contributed by atoms with van der Waals surface area (Å²) in [6, 6.07) is 5.61. The summed E-state index contributed by atoms with van der Waals surface area (Å²) in [4.78, 5) is 0.381. The molecule has 1 rings (SSSR count). The average molecular weight is 312 g/mol. The van der Waals surface area contributed by atoms with Crippen molar-refractivity contribution in [2.24, 2.45) is 0 Å². The quantitative estimate of drug-likeness (QED) is 0.776. The molecule has 0 aliphatic rings. The van der Waals surface area contributed by atoms with Gasteiger partial charge < -0.3 is 5.32 Å². The van der Waals surface area contributed by atoms with Crippen LogP contribution in [0.2, 0.25) is 0 Å². The lowest BCUT2D eigenvalue weighted by atomic mass is 9.98. The summed E-state index contributed by atoms with van der Waals surface area (Å²) in [6.45, 7) is 11.3. The number of benzene rings is 1. The van der Waals surface area contributed by atoms with Crippen molar-refractivity contribution in [1.29, 1.82) is 0 Å². The third-order valence-electron chi connectivity index (χ3n) is 4.06. The molecule has 0 saturated carbocycles. The van der Waals surface area contributed by atoms with Gasteiger partial charge in [-0.05, 0) is 50.4 Å². The van der Waals surface area contributed by atoms with Gasteiger partial charge in [-0.3, -0.25) is 0 Å². The van der Waals surface area contributed by atoms with Crippen molar-refractivity contribution in [1.82, 2.24) is 10.0 Å². The fourth-order valence-electron chi connectivity index (χ4n) is 2.09. The van der Waals surface area contributed by atoms with Crippen LogP contribution in [0.3, 0.4) is 0 Å². The Morgan fingerprint density at radius 1 is 1.14 bits per heavy atom. The molecule has 0 unspecified atom stereocenters. The van der Waals surface area contributed by atoms with Gasteiger partial charge in [-0.1, -0.05) is 32.9 Å². The zero-order valence-electron chi connectivity index (χ0n) is 13.8. The van der Waals surface area contributed by atoms with Crippen LogP contribution in [0.4, 0.5) is 0 Å². The number of rotatable bonds is 8. The Balaban J connectivity index is 3.12. The van der Waals surface area contributed by atoms with Crippen molar-refractivity contribution >= 4 is 10.0 Å².